The lowest BCUT2D eigenvalue weighted by Crippen LogP contribution is -2.33. The molecule has 1 nitrogen and oxygen atoms in total. The Bertz CT molecular complexity index is 345. The lowest BCUT2D eigenvalue weighted by atomic mass is 9.64. The third kappa shape index (κ3) is 1.19. The lowest BCUT2D eigenvalue weighted by Gasteiger charge is -2.40. The molecule has 1 heterocycles. The number of hydrogen-bond acceptors (Lipinski definition) is 1. The van der Waals surface area contributed by atoms with E-state index >= 15 is 0 Å². The van der Waals surface area contributed by atoms with Crippen LogP contribution in [0.2, 0.25) is 0 Å². The van der Waals surface area contributed by atoms with Gasteiger partial charge in [-0.25, -0.2) is 0 Å². The minimum atomic E-state index is 0.842. The van der Waals surface area contributed by atoms with Gasteiger partial charge in [0.1, 0.15) is 0 Å². The molecule has 1 N–H and O–H groups in total. The summed E-state index contributed by atoms with van der Waals surface area (Å²) in [4.78, 5) is 0. The molecule has 0 amide bonds. The summed E-state index contributed by atoms with van der Waals surface area (Å²) in [5.74, 6) is 2.74. The van der Waals surface area contributed by atoms with E-state index in [1.165, 1.54) is 25.1 Å². The van der Waals surface area contributed by atoms with E-state index in [1.54, 1.807) is 5.56 Å². The largest absolute Gasteiger partial charge is 0.316 e. The van der Waals surface area contributed by atoms with Gasteiger partial charge in [-0.05, 0) is 49.8 Å². The molecule has 2 fully saturated rings. The molecule has 0 spiro atoms. The quantitative estimate of drug-likeness (QED) is 0.711. The first-order valence-corrected chi connectivity index (χ1v) is 5.62. The summed E-state index contributed by atoms with van der Waals surface area (Å²) in [6.07, 6.45) is 1.40. The second-order valence-corrected chi connectivity index (χ2v) is 4.84. The van der Waals surface area contributed by atoms with E-state index in [9.17, 15) is 0 Å². The van der Waals surface area contributed by atoms with Crippen molar-refractivity contribution in [1.29, 1.82) is 0 Å². The average molecular weight is 187 g/mol. The fourth-order valence-corrected chi connectivity index (χ4v) is 3.07. The van der Waals surface area contributed by atoms with E-state index in [2.05, 4.69) is 36.5 Å². The molecule has 0 bridgehead atoms. The van der Waals surface area contributed by atoms with Crippen LogP contribution in [0.15, 0.2) is 24.3 Å². The van der Waals surface area contributed by atoms with Crippen molar-refractivity contribution >= 4 is 0 Å². The number of nitrogens with one attached hydrogen (secondary N) is 1. The molecule has 2 aliphatic rings. The molecule has 74 valence electrons. The summed E-state index contributed by atoms with van der Waals surface area (Å²) in [5.41, 5.74) is 2.96. The molecule has 1 aromatic carbocycles. The van der Waals surface area contributed by atoms with Crippen molar-refractivity contribution < 1.29 is 0 Å². The zero-order chi connectivity index (χ0) is 9.54. The van der Waals surface area contributed by atoms with Gasteiger partial charge < -0.3 is 5.32 Å². The topological polar surface area (TPSA) is 12.0 Å². The average Bonchev–Trinajstić information content (AvgIpc) is 2.48. The first-order valence-electron chi connectivity index (χ1n) is 5.62. The Hall–Kier alpha value is -0.820. The van der Waals surface area contributed by atoms with Gasteiger partial charge in [-0.2, -0.15) is 0 Å². The number of aryl methyl sites for hydroxylation is 1. The van der Waals surface area contributed by atoms with Gasteiger partial charge in [0.05, 0.1) is 0 Å². The molecule has 3 atom stereocenters. The van der Waals surface area contributed by atoms with Gasteiger partial charge in [0, 0.05) is 0 Å². The number of benzene rings is 1. The van der Waals surface area contributed by atoms with Crippen LogP contribution in [0, 0.1) is 18.8 Å². The van der Waals surface area contributed by atoms with Crippen molar-refractivity contribution in [3.8, 4) is 0 Å². The van der Waals surface area contributed by atoms with E-state index in [0.717, 1.165) is 17.8 Å². The highest BCUT2D eigenvalue weighted by Gasteiger charge is 2.44. The van der Waals surface area contributed by atoms with Gasteiger partial charge in [-0.3, -0.25) is 0 Å². The molecule has 1 saturated carbocycles. The highest BCUT2D eigenvalue weighted by Crippen LogP contribution is 2.48. The molecule has 0 radical (unpaired) electrons. The number of fused-ring (bicyclic) bond motifs is 1. The van der Waals surface area contributed by atoms with Crippen molar-refractivity contribution in [3.63, 3.8) is 0 Å². The Morgan fingerprint density at radius 2 is 2.21 bits per heavy atom. The first kappa shape index (κ1) is 8.49. The molecule has 3 rings (SSSR count). The predicted molar refractivity (Wildman–Crippen MR) is 58.4 cm³/mol. The molecule has 1 aromatic rings. The fraction of sp³-hybridized carbons (Fsp3) is 0.538. The summed E-state index contributed by atoms with van der Waals surface area (Å²) in [6.45, 7) is 4.68. The SMILES string of the molecule is Cc1cccc([C@@H]2C[C@H]3CNC[C@@H]32)c1. The van der Waals surface area contributed by atoms with Crippen molar-refractivity contribution in [2.45, 2.75) is 19.3 Å². The normalized spacial score (nSPS) is 35.1. The minimum Gasteiger partial charge on any atom is -0.316 e. The smallest absolute Gasteiger partial charge is 0.00114 e. The summed E-state index contributed by atoms with van der Waals surface area (Å²) in [7, 11) is 0. The lowest BCUT2D eigenvalue weighted by molar-refractivity contribution is 0.191. The van der Waals surface area contributed by atoms with E-state index in [-0.39, 0.29) is 0 Å². The van der Waals surface area contributed by atoms with E-state index in [1.807, 2.05) is 0 Å². The Morgan fingerprint density at radius 1 is 1.29 bits per heavy atom. The van der Waals surface area contributed by atoms with Crippen LogP contribution < -0.4 is 5.32 Å². The molecule has 0 unspecified atom stereocenters. The van der Waals surface area contributed by atoms with Gasteiger partial charge in [-0.15, -0.1) is 0 Å². The van der Waals surface area contributed by atoms with Crippen LogP contribution in [0.3, 0.4) is 0 Å². The van der Waals surface area contributed by atoms with Crippen LogP contribution in [0.1, 0.15) is 23.5 Å². The molecule has 0 aromatic heterocycles. The van der Waals surface area contributed by atoms with Crippen LogP contribution in [0.5, 0.6) is 0 Å². The zero-order valence-electron chi connectivity index (χ0n) is 8.66. The number of rotatable bonds is 1. The van der Waals surface area contributed by atoms with E-state index < -0.39 is 0 Å². The van der Waals surface area contributed by atoms with Gasteiger partial charge in [0.25, 0.3) is 0 Å². The Morgan fingerprint density at radius 3 is 3.00 bits per heavy atom. The summed E-state index contributed by atoms with van der Waals surface area (Å²) in [5, 5.41) is 3.50. The van der Waals surface area contributed by atoms with Crippen molar-refractivity contribution in [2.75, 3.05) is 13.1 Å². The summed E-state index contributed by atoms with van der Waals surface area (Å²) < 4.78 is 0. The van der Waals surface area contributed by atoms with E-state index in [0.29, 0.717) is 0 Å². The standard InChI is InChI=1S/C13H17N/c1-9-3-2-4-10(5-9)12-6-11-7-14-8-13(11)12/h2-5,11-14H,6-8H2,1H3/t11-,12-,13-/m0/s1. The molecule has 1 heteroatoms. The fourth-order valence-electron chi connectivity index (χ4n) is 3.07. The molecule has 1 aliphatic heterocycles. The zero-order valence-corrected chi connectivity index (χ0v) is 8.66. The Labute approximate surface area is 85.5 Å². The van der Waals surface area contributed by atoms with Crippen molar-refractivity contribution in [3.05, 3.63) is 35.4 Å². The number of hydrogen-bond donors (Lipinski definition) is 1. The maximum absolute atomic E-state index is 3.50. The molecule has 1 aliphatic carbocycles. The van der Waals surface area contributed by atoms with Crippen LogP contribution in [-0.2, 0) is 0 Å². The highest BCUT2D eigenvalue weighted by molar-refractivity contribution is 5.29. The van der Waals surface area contributed by atoms with Gasteiger partial charge in [-0.1, -0.05) is 29.8 Å². The molecular weight excluding hydrogens is 170 g/mol. The molecule has 1 saturated heterocycles. The first-order chi connectivity index (χ1) is 6.84. The monoisotopic (exact) mass is 187 g/mol. The predicted octanol–water partition coefficient (Wildman–Crippen LogP) is 2.32. The Balaban J connectivity index is 1.83. The maximum atomic E-state index is 3.50. The van der Waals surface area contributed by atoms with Crippen LogP contribution >= 0.6 is 0 Å². The second kappa shape index (κ2) is 3.09. The Kier molecular flexibility index (Phi) is 1.88. The van der Waals surface area contributed by atoms with Crippen molar-refractivity contribution in [1.82, 2.24) is 5.32 Å². The minimum absolute atomic E-state index is 0.842. The van der Waals surface area contributed by atoms with Gasteiger partial charge in [0.2, 0.25) is 0 Å². The van der Waals surface area contributed by atoms with Crippen LogP contribution in [0.25, 0.3) is 0 Å². The summed E-state index contributed by atoms with van der Waals surface area (Å²) in [6, 6.07) is 9.04. The van der Waals surface area contributed by atoms with E-state index in [4.69, 9.17) is 0 Å². The third-order valence-electron chi connectivity index (χ3n) is 3.94. The van der Waals surface area contributed by atoms with Crippen LogP contribution in [-0.4, -0.2) is 13.1 Å². The highest BCUT2D eigenvalue weighted by atomic mass is 14.9. The van der Waals surface area contributed by atoms with Gasteiger partial charge in [0.15, 0.2) is 0 Å². The summed E-state index contributed by atoms with van der Waals surface area (Å²) >= 11 is 0. The third-order valence-corrected chi connectivity index (χ3v) is 3.94. The maximum Gasteiger partial charge on any atom is -0.00114 e. The van der Waals surface area contributed by atoms with Crippen molar-refractivity contribution in [2.24, 2.45) is 11.8 Å². The van der Waals surface area contributed by atoms with Gasteiger partial charge >= 0.3 is 0 Å². The van der Waals surface area contributed by atoms with Crippen LogP contribution in [0.4, 0.5) is 0 Å². The second-order valence-electron chi connectivity index (χ2n) is 4.84. The molecular formula is C13H17N. The molecule has 14 heavy (non-hydrogen) atoms.